The number of hydrogen-bond acceptors (Lipinski definition) is 2. The van der Waals surface area contributed by atoms with Crippen LogP contribution in [0.25, 0.3) is 11.3 Å². The van der Waals surface area contributed by atoms with Gasteiger partial charge in [0.2, 0.25) is 0 Å². The van der Waals surface area contributed by atoms with Crippen molar-refractivity contribution in [3.63, 3.8) is 0 Å². The topological polar surface area (TPSA) is 24.9 Å². The van der Waals surface area contributed by atoms with Crippen molar-refractivity contribution in [1.82, 2.24) is 10.3 Å². The molecular weight excluding hydrogens is 220 g/mol. The van der Waals surface area contributed by atoms with Crippen molar-refractivity contribution in [1.29, 1.82) is 0 Å². The Morgan fingerprint density at radius 2 is 2.06 bits per heavy atom. The maximum absolute atomic E-state index is 4.39. The third kappa shape index (κ3) is 3.41. The molecule has 2 heteroatoms. The number of aromatic nitrogens is 1. The fourth-order valence-electron chi connectivity index (χ4n) is 1.95. The fourth-order valence-corrected chi connectivity index (χ4v) is 1.95. The first kappa shape index (κ1) is 12.8. The highest BCUT2D eigenvalue weighted by Crippen LogP contribution is 2.18. The van der Waals surface area contributed by atoms with Crippen molar-refractivity contribution in [3.05, 3.63) is 54.2 Å². The second-order valence-corrected chi connectivity index (χ2v) is 4.64. The molecule has 2 nitrogen and oxygen atoms in total. The fraction of sp³-hybridized carbons (Fsp3) is 0.312. The lowest BCUT2D eigenvalue weighted by molar-refractivity contribution is 0.565. The number of hydrogen-bond donors (Lipinski definition) is 1. The first-order valence-corrected chi connectivity index (χ1v) is 6.47. The molecule has 1 aromatic heterocycles. The largest absolute Gasteiger partial charge is 0.317 e. The number of nitrogens with zero attached hydrogens (tertiary/aromatic N) is 1. The number of pyridine rings is 1. The lowest BCUT2D eigenvalue weighted by atomic mass is 10.0. The number of nitrogens with one attached hydrogen (secondary N) is 1. The summed E-state index contributed by atoms with van der Waals surface area (Å²) in [7, 11) is 2.01. The van der Waals surface area contributed by atoms with Gasteiger partial charge in [-0.3, -0.25) is 4.98 Å². The standard InChI is InChI=1S/C16H20N2/c1-13(17-2)9-10-14-6-5-7-15(12-14)16-8-3-4-11-18-16/h3-8,11-13,17H,9-10H2,1-2H3. The summed E-state index contributed by atoms with van der Waals surface area (Å²) in [6.45, 7) is 2.21. The van der Waals surface area contributed by atoms with Gasteiger partial charge in [-0.05, 0) is 50.6 Å². The van der Waals surface area contributed by atoms with Gasteiger partial charge >= 0.3 is 0 Å². The summed E-state index contributed by atoms with van der Waals surface area (Å²) in [4.78, 5) is 4.39. The Bertz CT molecular complexity index is 479. The number of benzene rings is 1. The van der Waals surface area contributed by atoms with E-state index < -0.39 is 0 Å². The molecule has 1 heterocycles. The van der Waals surface area contributed by atoms with Gasteiger partial charge in [0, 0.05) is 17.8 Å². The van der Waals surface area contributed by atoms with Crippen LogP contribution >= 0.6 is 0 Å². The first-order valence-electron chi connectivity index (χ1n) is 6.47. The summed E-state index contributed by atoms with van der Waals surface area (Å²) in [5.41, 5.74) is 3.62. The van der Waals surface area contributed by atoms with E-state index in [1.807, 2.05) is 25.4 Å². The average Bonchev–Trinajstić information content (AvgIpc) is 2.46. The molecule has 0 bridgehead atoms. The van der Waals surface area contributed by atoms with Gasteiger partial charge < -0.3 is 5.32 Å². The molecule has 0 aliphatic heterocycles. The van der Waals surface area contributed by atoms with Gasteiger partial charge in [-0.15, -0.1) is 0 Å². The molecule has 94 valence electrons. The molecule has 0 saturated carbocycles. The van der Waals surface area contributed by atoms with Crippen molar-refractivity contribution in [3.8, 4) is 11.3 Å². The van der Waals surface area contributed by atoms with Crippen molar-refractivity contribution in [2.75, 3.05) is 7.05 Å². The zero-order valence-electron chi connectivity index (χ0n) is 11.1. The predicted molar refractivity (Wildman–Crippen MR) is 76.5 cm³/mol. The van der Waals surface area contributed by atoms with Crippen LogP contribution in [0.3, 0.4) is 0 Å². The summed E-state index contributed by atoms with van der Waals surface area (Å²) in [6, 6.07) is 15.2. The summed E-state index contributed by atoms with van der Waals surface area (Å²) >= 11 is 0. The number of aryl methyl sites for hydroxylation is 1. The van der Waals surface area contributed by atoms with E-state index in [0.717, 1.165) is 18.5 Å². The summed E-state index contributed by atoms with van der Waals surface area (Å²) in [5.74, 6) is 0. The Morgan fingerprint density at radius 1 is 1.17 bits per heavy atom. The smallest absolute Gasteiger partial charge is 0.0702 e. The minimum atomic E-state index is 0.559. The summed E-state index contributed by atoms with van der Waals surface area (Å²) in [6.07, 6.45) is 4.09. The van der Waals surface area contributed by atoms with Gasteiger partial charge in [0.1, 0.15) is 0 Å². The van der Waals surface area contributed by atoms with E-state index in [4.69, 9.17) is 0 Å². The molecule has 18 heavy (non-hydrogen) atoms. The van der Waals surface area contributed by atoms with Crippen molar-refractivity contribution in [2.45, 2.75) is 25.8 Å². The van der Waals surface area contributed by atoms with Crippen LogP contribution in [0.5, 0.6) is 0 Å². The minimum Gasteiger partial charge on any atom is -0.317 e. The van der Waals surface area contributed by atoms with Crippen LogP contribution < -0.4 is 5.32 Å². The predicted octanol–water partition coefficient (Wildman–Crippen LogP) is 3.29. The van der Waals surface area contributed by atoms with E-state index in [-0.39, 0.29) is 0 Å². The molecule has 1 unspecified atom stereocenters. The van der Waals surface area contributed by atoms with Gasteiger partial charge in [-0.2, -0.15) is 0 Å². The summed E-state index contributed by atoms with van der Waals surface area (Å²) in [5, 5.41) is 3.27. The second kappa shape index (κ2) is 6.31. The summed E-state index contributed by atoms with van der Waals surface area (Å²) < 4.78 is 0. The molecule has 1 atom stereocenters. The zero-order valence-corrected chi connectivity index (χ0v) is 11.1. The molecule has 0 amide bonds. The zero-order chi connectivity index (χ0) is 12.8. The van der Waals surface area contributed by atoms with Crippen LogP contribution in [0.1, 0.15) is 18.9 Å². The van der Waals surface area contributed by atoms with Crippen LogP contribution in [0.4, 0.5) is 0 Å². The molecule has 0 aliphatic rings. The van der Waals surface area contributed by atoms with E-state index in [1.165, 1.54) is 11.1 Å². The molecule has 0 radical (unpaired) electrons. The van der Waals surface area contributed by atoms with Crippen molar-refractivity contribution >= 4 is 0 Å². The quantitative estimate of drug-likeness (QED) is 0.867. The van der Waals surface area contributed by atoms with E-state index >= 15 is 0 Å². The third-order valence-electron chi connectivity index (χ3n) is 3.25. The first-order chi connectivity index (χ1) is 8.79. The molecule has 0 spiro atoms. The monoisotopic (exact) mass is 240 g/mol. The lowest BCUT2D eigenvalue weighted by Crippen LogP contribution is -2.21. The molecular formula is C16H20N2. The minimum absolute atomic E-state index is 0.559. The van der Waals surface area contributed by atoms with E-state index in [2.05, 4.69) is 47.6 Å². The highest BCUT2D eigenvalue weighted by Gasteiger charge is 2.02. The lowest BCUT2D eigenvalue weighted by Gasteiger charge is -2.10. The van der Waals surface area contributed by atoms with Crippen LogP contribution in [0.15, 0.2) is 48.7 Å². The Labute approximate surface area is 109 Å². The Kier molecular flexibility index (Phi) is 4.48. The number of rotatable bonds is 5. The molecule has 0 fully saturated rings. The van der Waals surface area contributed by atoms with E-state index in [9.17, 15) is 0 Å². The average molecular weight is 240 g/mol. The maximum Gasteiger partial charge on any atom is 0.0702 e. The van der Waals surface area contributed by atoms with Gasteiger partial charge in [0.05, 0.1) is 5.69 Å². The van der Waals surface area contributed by atoms with Crippen LogP contribution in [-0.4, -0.2) is 18.1 Å². The Morgan fingerprint density at radius 3 is 2.78 bits per heavy atom. The normalized spacial score (nSPS) is 12.3. The highest BCUT2D eigenvalue weighted by molar-refractivity contribution is 5.59. The molecule has 2 aromatic rings. The van der Waals surface area contributed by atoms with E-state index in [0.29, 0.717) is 6.04 Å². The highest BCUT2D eigenvalue weighted by atomic mass is 14.8. The molecule has 0 saturated heterocycles. The molecule has 1 aromatic carbocycles. The van der Waals surface area contributed by atoms with Gasteiger partial charge in [-0.25, -0.2) is 0 Å². The van der Waals surface area contributed by atoms with E-state index in [1.54, 1.807) is 0 Å². The Balaban J connectivity index is 2.11. The molecule has 2 rings (SSSR count). The van der Waals surface area contributed by atoms with Gasteiger partial charge in [0.25, 0.3) is 0 Å². The maximum atomic E-state index is 4.39. The SMILES string of the molecule is CNC(C)CCc1cccc(-c2ccccn2)c1. The van der Waals surface area contributed by atoms with Crippen molar-refractivity contribution in [2.24, 2.45) is 0 Å². The Hall–Kier alpha value is -1.67. The van der Waals surface area contributed by atoms with Crippen molar-refractivity contribution < 1.29 is 0 Å². The molecule has 0 aliphatic carbocycles. The second-order valence-electron chi connectivity index (χ2n) is 4.64. The van der Waals surface area contributed by atoms with Crippen LogP contribution in [0, 0.1) is 0 Å². The van der Waals surface area contributed by atoms with Crippen LogP contribution in [-0.2, 0) is 6.42 Å². The van der Waals surface area contributed by atoms with Gasteiger partial charge in [-0.1, -0.05) is 24.3 Å². The molecule has 1 N–H and O–H groups in total. The van der Waals surface area contributed by atoms with Gasteiger partial charge in [0.15, 0.2) is 0 Å². The van der Waals surface area contributed by atoms with Crippen LogP contribution in [0.2, 0.25) is 0 Å². The third-order valence-corrected chi connectivity index (χ3v) is 3.25.